The third-order valence-electron chi connectivity index (χ3n) is 2.52. The van der Waals surface area contributed by atoms with Gasteiger partial charge in [0.1, 0.15) is 10.7 Å². The zero-order valence-electron chi connectivity index (χ0n) is 10.3. The topological polar surface area (TPSA) is 112 Å². The van der Waals surface area contributed by atoms with E-state index in [9.17, 15) is 22.0 Å². The molecule has 0 radical (unpaired) electrons. The Hall–Kier alpha value is -2.33. The molecule has 0 bridgehead atoms. The lowest BCUT2D eigenvalue weighted by Crippen LogP contribution is -2.18. The van der Waals surface area contributed by atoms with Crippen LogP contribution in [0.15, 0.2) is 34.0 Å². The molecule has 0 saturated heterocycles. The summed E-state index contributed by atoms with van der Waals surface area (Å²) >= 11 is 0. The summed E-state index contributed by atoms with van der Waals surface area (Å²) in [7, 11) is -4.39. The largest absolute Gasteiger partial charge is 0.391 e. The molecular weight excluding hydrogens is 308 g/mol. The van der Waals surface area contributed by atoms with Gasteiger partial charge in [-0.25, -0.2) is 22.3 Å². The second kappa shape index (κ2) is 5.58. The maximum absolute atomic E-state index is 13.9. The van der Waals surface area contributed by atoms with E-state index in [0.29, 0.717) is 0 Å². The molecule has 0 aliphatic rings. The summed E-state index contributed by atoms with van der Waals surface area (Å²) in [5.74, 6) is -2.70. The van der Waals surface area contributed by atoms with E-state index in [1.807, 2.05) is 9.82 Å². The van der Waals surface area contributed by atoms with Crippen molar-refractivity contribution in [1.29, 1.82) is 0 Å². The van der Waals surface area contributed by atoms with E-state index < -0.39 is 44.3 Å². The second-order valence-corrected chi connectivity index (χ2v) is 5.56. The number of nitrogens with one attached hydrogen (secondary N) is 2. The minimum Gasteiger partial charge on any atom is -0.391 e. The fraction of sp³-hybridized carbons (Fsp3) is 0.0909. The van der Waals surface area contributed by atoms with Crippen molar-refractivity contribution in [2.75, 3.05) is 4.72 Å². The number of benzene rings is 1. The lowest BCUT2D eigenvalue weighted by Gasteiger charge is -2.10. The van der Waals surface area contributed by atoms with Crippen molar-refractivity contribution in [3.63, 3.8) is 0 Å². The van der Waals surface area contributed by atoms with Crippen molar-refractivity contribution in [3.05, 3.63) is 51.8 Å². The highest BCUT2D eigenvalue weighted by atomic mass is 32.2. The van der Waals surface area contributed by atoms with Gasteiger partial charge in [-0.15, -0.1) is 0 Å². The molecule has 1 aromatic heterocycles. The first kappa shape index (κ1) is 15.1. The monoisotopic (exact) mass is 317 g/mol. The Labute approximate surface area is 117 Å². The molecule has 112 valence electrons. The zero-order valence-corrected chi connectivity index (χ0v) is 11.1. The van der Waals surface area contributed by atoms with Gasteiger partial charge in [0.25, 0.3) is 15.6 Å². The van der Waals surface area contributed by atoms with E-state index in [4.69, 9.17) is 5.11 Å². The average molecular weight is 317 g/mol. The van der Waals surface area contributed by atoms with Crippen LogP contribution in [0.5, 0.6) is 0 Å². The van der Waals surface area contributed by atoms with Crippen molar-refractivity contribution < 1.29 is 22.3 Å². The number of halogens is 2. The number of hydrogen-bond acceptors (Lipinski definition) is 5. The van der Waals surface area contributed by atoms with Gasteiger partial charge in [-0.05, 0) is 18.2 Å². The lowest BCUT2D eigenvalue weighted by atomic mass is 10.2. The molecule has 10 heteroatoms. The van der Waals surface area contributed by atoms with E-state index in [1.54, 1.807) is 0 Å². The second-order valence-electron chi connectivity index (χ2n) is 3.91. The predicted molar refractivity (Wildman–Crippen MR) is 67.9 cm³/mol. The molecule has 0 amide bonds. The van der Waals surface area contributed by atoms with E-state index in [-0.39, 0.29) is 5.82 Å². The van der Waals surface area contributed by atoms with Crippen LogP contribution in [0.1, 0.15) is 5.56 Å². The Morgan fingerprint density at radius 2 is 1.95 bits per heavy atom. The van der Waals surface area contributed by atoms with Gasteiger partial charge in [0.05, 0.1) is 12.2 Å². The third kappa shape index (κ3) is 3.06. The molecular formula is C11H9F2N3O4S. The van der Waals surface area contributed by atoms with Crippen LogP contribution in [0.4, 0.5) is 14.6 Å². The smallest absolute Gasteiger partial charge is 0.266 e. The molecule has 0 spiro atoms. The van der Waals surface area contributed by atoms with E-state index >= 15 is 0 Å². The quantitative estimate of drug-likeness (QED) is 0.753. The number of hydrogen-bond donors (Lipinski definition) is 3. The summed E-state index contributed by atoms with van der Waals surface area (Å²) in [6.45, 7) is -0.988. The standard InChI is InChI=1S/C11H9F2N3O4S/c12-7-1-2-8(11(13)6(7)5-17)21(19,20)16-9-3-4-10(18)15-14-9/h1-4,17H,5H2,(H,14,16)(H,15,18). The number of anilines is 1. The van der Waals surface area contributed by atoms with Gasteiger partial charge in [0.15, 0.2) is 11.6 Å². The molecule has 3 N–H and O–H groups in total. The normalized spacial score (nSPS) is 11.4. The minimum atomic E-state index is -4.39. The zero-order chi connectivity index (χ0) is 15.6. The first-order valence-corrected chi connectivity index (χ1v) is 7.00. The molecule has 0 atom stereocenters. The van der Waals surface area contributed by atoms with Crippen LogP contribution < -0.4 is 10.3 Å². The number of H-pyrrole nitrogens is 1. The molecule has 21 heavy (non-hydrogen) atoms. The van der Waals surface area contributed by atoms with Gasteiger partial charge in [0.2, 0.25) is 0 Å². The van der Waals surface area contributed by atoms with E-state index in [0.717, 1.165) is 24.3 Å². The summed E-state index contributed by atoms with van der Waals surface area (Å²) in [5, 5.41) is 14.3. The third-order valence-corrected chi connectivity index (χ3v) is 3.89. The molecule has 1 heterocycles. The van der Waals surface area contributed by atoms with Gasteiger partial charge in [-0.3, -0.25) is 9.52 Å². The van der Waals surface area contributed by atoms with Gasteiger partial charge in [-0.1, -0.05) is 0 Å². The number of nitrogens with zero attached hydrogens (tertiary/aromatic N) is 1. The maximum atomic E-state index is 13.9. The van der Waals surface area contributed by atoms with Crippen LogP contribution in [-0.4, -0.2) is 23.7 Å². The molecule has 0 fully saturated rings. The van der Waals surface area contributed by atoms with Crippen LogP contribution in [0.3, 0.4) is 0 Å². The van der Waals surface area contributed by atoms with Gasteiger partial charge in [0, 0.05) is 6.07 Å². The van der Waals surface area contributed by atoms with Crippen molar-refractivity contribution in [3.8, 4) is 0 Å². The highest BCUT2D eigenvalue weighted by Crippen LogP contribution is 2.22. The fourth-order valence-electron chi connectivity index (χ4n) is 1.52. The summed E-state index contributed by atoms with van der Waals surface area (Å²) in [6, 6.07) is 3.54. The minimum absolute atomic E-state index is 0.246. The maximum Gasteiger partial charge on any atom is 0.266 e. The number of aliphatic hydroxyl groups is 1. The summed E-state index contributed by atoms with van der Waals surface area (Å²) in [4.78, 5) is 9.96. The Bertz CT molecular complexity index is 815. The summed E-state index contributed by atoms with van der Waals surface area (Å²) in [6.07, 6.45) is 0. The molecule has 1 aromatic carbocycles. The molecule has 0 aliphatic heterocycles. The number of rotatable bonds is 4. The van der Waals surface area contributed by atoms with Crippen molar-refractivity contribution in [2.24, 2.45) is 0 Å². The summed E-state index contributed by atoms with van der Waals surface area (Å²) in [5.41, 5.74) is -1.30. The van der Waals surface area contributed by atoms with Crippen molar-refractivity contribution >= 4 is 15.8 Å². The summed E-state index contributed by atoms with van der Waals surface area (Å²) < 4.78 is 53.0. The first-order valence-electron chi connectivity index (χ1n) is 5.51. The van der Waals surface area contributed by atoms with Gasteiger partial charge < -0.3 is 5.11 Å². The Morgan fingerprint density at radius 1 is 1.24 bits per heavy atom. The fourth-order valence-corrected chi connectivity index (χ4v) is 2.63. The SMILES string of the molecule is O=c1ccc(NS(=O)(=O)c2ccc(F)c(CO)c2F)n[nH]1. The predicted octanol–water partition coefficient (Wildman–Crippen LogP) is 0.341. The Balaban J connectivity index is 2.45. The average Bonchev–Trinajstić information content (AvgIpc) is 2.41. The van der Waals surface area contributed by atoms with Crippen molar-refractivity contribution in [1.82, 2.24) is 10.2 Å². The highest BCUT2D eigenvalue weighted by Gasteiger charge is 2.23. The Morgan fingerprint density at radius 3 is 2.52 bits per heavy atom. The molecule has 2 aromatic rings. The molecule has 2 rings (SSSR count). The first-order chi connectivity index (χ1) is 9.85. The molecule has 0 saturated carbocycles. The Kier molecular flexibility index (Phi) is 4.00. The van der Waals surface area contributed by atoms with E-state index in [1.165, 1.54) is 0 Å². The van der Waals surface area contributed by atoms with Crippen LogP contribution in [0.2, 0.25) is 0 Å². The molecule has 0 aliphatic carbocycles. The van der Waals surface area contributed by atoms with Gasteiger partial charge >= 0.3 is 0 Å². The van der Waals surface area contributed by atoms with Gasteiger partial charge in [-0.2, -0.15) is 5.10 Å². The van der Waals surface area contributed by atoms with Crippen LogP contribution >= 0.6 is 0 Å². The number of aromatic nitrogens is 2. The van der Waals surface area contributed by atoms with Crippen molar-refractivity contribution in [2.45, 2.75) is 11.5 Å². The van der Waals surface area contributed by atoms with Crippen LogP contribution in [0.25, 0.3) is 0 Å². The van der Waals surface area contributed by atoms with Crippen LogP contribution in [-0.2, 0) is 16.6 Å². The number of aromatic amines is 1. The number of sulfonamides is 1. The highest BCUT2D eigenvalue weighted by molar-refractivity contribution is 7.92. The lowest BCUT2D eigenvalue weighted by molar-refractivity contribution is 0.267. The number of aliphatic hydroxyl groups excluding tert-OH is 1. The van der Waals surface area contributed by atoms with E-state index in [2.05, 4.69) is 5.10 Å². The van der Waals surface area contributed by atoms with Crippen LogP contribution in [0, 0.1) is 11.6 Å². The molecule has 7 nitrogen and oxygen atoms in total. The molecule has 0 unspecified atom stereocenters.